The maximum atomic E-state index is 9.99. The summed E-state index contributed by atoms with van der Waals surface area (Å²) in [5.74, 6) is 1.45. The van der Waals surface area contributed by atoms with E-state index < -0.39 is 6.10 Å². The van der Waals surface area contributed by atoms with Crippen molar-refractivity contribution < 1.29 is 9.84 Å². The molecule has 0 amide bonds. The Hall–Kier alpha value is -1.17. The highest BCUT2D eigenvalue weighted by atomic mass is 32.1. The summed E-state index contributed by atoms with van der Waals surface area (Å²) in [6.07, 6.45) is 0.754. The Morgan fingerprint density at radius 1 is 1.50 bits per heavy atom. The second kappa shape index (κ2) is 7.02. The van der Waals surface area contributed by atoms with Gasteiger partial charge in [0.15, 0.2) is 0 Å². The Bertz CT molecular complexity index is 450. The van der Waals surface area contributed by atoms with Crippen molar-refractivity contribution in [2.75, 3.05) is 26.2 Å². The van der Waals surface area contributed by atoms with Gasteiger partial charge in [0.1, 0.15) is 23.4 Å². The number of ether oxygens (including phenoxy) is 1. The maximum Gasteiger partial charge on any atom is 0.119 e. The molecule has 0 radical (unpaired) electrons. The number of hydrogen-bond acceptors (Lipinski definition) is 4. The lowest BCUT2D eigenvalue weighted by Crippen LogP contribution is -2.34. The molecule has 0 bridgehead atoms. The van der Waals surface area contributed by atoms with E-state index >= 15 is 0 Å². The minimum absolute atomic E-state index is 0.303. The van der Waals surface area contributed by atoms with Crippen molar-refractivity contribution in [3.05, 3.63) is 29.8 Å². The molecule has 1 fully saturated rings. The molecule has 0 aromatic heterocycles. The number of thiocarbonyl (C=S) groups is 1. The molecular weight excluding hydrogens is 272 g/mol. The van der Waals surface area contributed by atoms with Crippen LogP contribution in [-0.4, -0.2) is 47.3 Å². The van der Waals surface area contributed by atoms with E-state index in [1.165, 1.54) is 6.42 Å². The molecule has 1 aromatic rings. The van der Waals surface area contributed by atoms with Crippen molar-refractivity contribution in [2.24, 2.45) is 11.7 Å². The Morgan fingerprint density at radius 3 is 2.75 bits per heavy atom. The van der Waals surface area contributed by atoms with Gasteiger partial charge in [-0.25, -0.2) is 0 Å². The normalized spacial score (nSPS) is 20.8. The number of nitrogens with two attached hydrogens (primary N) is 1. The van der Waals surface area contributed by atoms with Crippen molar-refractivity contribution in [1.82, 2.24) is 4.90 Å². The molecule has 1 aliphatic rings. The van der Waals surface area contributed by atoms with Gasteiger partial charge < -0.3 is 20.5 Å². The molecule has 20 heavy (non-hydrogen) atoms. The Labute approximate surface area is 125 Å². The lowest BCUT2D eigenvalue weighted by molar-refractivity contribution is 0.0749. The Balaban J connectivity index is 1.75. The number of rotatable bonds is 6. The van der Waals surface area contributed by atoms with Gasteiger partial charge in [0.05, 0.1) is 0 Å². The van der Waals surface area contributed by atoms with Gasteiger partial charge in [-0.05, 0) is 43.1 Å². The van der Waals surface area contributed by atoms with Gasteiger partial charge >= 0.3 is 0 Å². The lowest BCUT2D eigenvalue weighted by atomic mass is 10.2. The van der Waals surface area contributed by atoms with Gasteiger partial charge in [0, 0.05) is 18.7 Å². The molecule has 1 aliphatic heterocycles. The minimum Gasteiger partial charge on any atom is -0.491 e. The van der Waals surface area contributed by atoms with Crippen LogP contribution in [0, 0.1) is 5.92 Å². The van der Waals surface area contributed by atoms with E-state index in [1.807, 2.05) is 24.3 Å². The van der Waals surface area contributed by atoms with E-state index in [1.54, 1.807) is 0 Å². The topological polar surface area (TPSA) is 58.7 Å². The number of aliphatic hydroxyl groups is 1. The van der Waals surface area contributed by atoms with Crippen LogP contribution < -0.4 is 10.5 Å². The van der Waals surface area contributed by atoms with E-state index in [9.17, 15) is 5.11 Å². The highest BCUT2D eigenvalue weighted by Crippen LogP contribution is 2.16. The predicted molar refractivity (Wildman–Crippen MR) is 84.1 cm³/mol. The van der Waals surface area contributed by atoms with Crippen molar-refractivity contribution in [3.63, 3.8) is 0 Å². The first-order valence-electron chi connectivity index (χ1n) is 6.97. The zero-order valence-electron chi connectivity index (χ0n) is 11.8. The van der Waals surface area contributed by atoms with E-state index in [2.05, 4.69) is 11.8 Å². The summed E-state index contributed by atoms with van der Waals surface area (Å²) in [7, 11) is 0. The van der Waals surface area contributed by atoms with Crippen LogP contribution in [0.2, 0.25) is 0 Å². The third kappa shape index (κ3) is 4.44. The molecule has 0 aliphatic carbocycles. The van der Waals surface area contributed by atoms with Gasteiger partial charge in [-0.2, -0.15) is 0 Å². The SMILES string of the molecule is CC1CCN(CC(O)COc2ccc(C(N)=S)cc2)C1. The van der Waals surface area contributed by atoms with E-state index in [0.29, 0.717) is 18.1 Å². The van der Waals surface area contributed by atoms with Crippen molar-refractivity contribution in [2.45, 2.75) is 19.4 Å². The standard InChI is InChI=1S/C15H22N2O2S/c1-11-6-7-17(8-11)9-13(18)10-19-14-4-2-12(3-5-14)15(16)20/h2-5,11,13,18H,6-10H2,1H3,(H2,16,20). The predicted octanol–water partition coefficient (Wildman–Crippen LogP) is 1.40. The average molecular weight is 294 g/mol. The van der Waals surface area contributed by atoms with Crippen LogP contribution in [0.5, 0.6) is 5.75 Å². The molecule has 3 N–H and O–H groups in total. The van der Waals surface area contributed by atoms with Crippen molar-refractivity contribution in [3.8, 4) is 5.75 Å². The highest BCUT2D eigenvalue weighted by molar-refractivity contribution is 7.80. The molecule has 2 unspecified atom stereocenters. The molecule has 5 heteroatoms. The first-order chi connectivity index (χ1) is 9.54. The number of hydrogen-bond donors (Lipinski definition) is 2. The fourth-order valence-electron chi connectivity index (χ4n) is 2.45. The molecule has 1 saturated heterocycles. The molecular formula is C15H22N2O2S. The summed E-state index contributed by atoms with van der Waals surface area (Å²) < 4.78 is 5.58. The molecule has 2 rings (SSSR count). The average Bonchev–Trinajstić information content (AvgIpc) is 2.82. The molecule has 110 valence electrons. The summed E-state index contributed by atoms with van der Waals surface area (Å²) in [5.41, 5.74) is 6.35. The molecule has 1 heterocycles. The van der Waals surface area contributed by atoms with Gasteiger partial charge in [-0.1, -0.05) is 19.1 Å². The summed E-state index contributed by atoms with van der Waals surface area (Å²) >= 11 is 4.89. The zero-order chi connectivity index (χ0) is 14.5. The molecule has 0 spiro atoms. The van der Waals surface area contributed by atoms with Gasteiger partial charge in [0.2, 0.25) is 0 Å². The van der Waals surface area contributed by atoms with Crippen LogP contribution >= 0.6 is 12.2 Å². The second-order valence-electron chi connectivity index (χ2n) is 5.51. The minimum atomic E-state index is -0.462. The van der Waals surface area contributed by atoms with Gasteiger partial charge in [-0.3, -0.25) is 0 Å². The summed E-state index contributed by atoms with van der Waals surface area (Å²) in [4.78, 5) is 2.66. The molecule has 4 nitrogen and oxygen atoms in total. The third-order valence-electron chi connectivity index (χ3n) is 3.56. The van der Waals surface area contributed by atoms with Crippen LogP contribution in [0.15, 0.2) is 24.3 Å². The molecule has 2 atom stereocenters. The maximum absolute atomic E-state index is 9.99. The Morgan fingerprint density at radius 2 is 2.20 bits per heavy atom. The van der Waals surface area contributed by atoms with Crippen LogP contribution in [-0.2, 0) is 0 Å². The van der Waals surface area contributed by atoms with E-state index in [4.69, 9.17) is 22.7 Å². The number of likely N-dealkylation sites (tertiary alicyclic amines) is 1. The largest absolute Gasteiger partial charge is 0.491 e. The van der Waals surface area contributed by atoms with Crippen LogP contribution in [0.25, 0.3) is 0 Å². The van der Waals surface area contributed by atoms with E-state index in [0.717, 1.165) is 30.3 Å². The van der Waals surface area contributed by atoms with Crippen LogP contribution in [0.1, 0.15) is 18.9 Å². The fraction of sp³-hybridized carbons (Fsp3) is 0.533. The highest BCUT2D eigenvalue weighted by Gasteiger charge is 2.21. The van der Waals surface area contributed by atoms with Crippen LogP contribution in [0.4, 0.5) is 0 Å². The second-order valence-corrected chi connectivity index (χ2v) is 5.95. The number of benzene rings is 1. The molecule has 1 aromatic carbocycles. The summed E-state index contributed by atoms with van der Waals surface area (Å²) in [5, 5.41) is 9.99. The quantitative estimate of drug-likeness (QED) is 0.777. The summed E-state index contributed by atoms with van der Waals surface area (Å²) in [6.45, 7) is 5.36. The first kappa shape index (κ1) is 15.2. The fourth-order valence-corrected chi connectivity index (χ4v) is 2.59. The third-order valence-corrected chi connectivity index (χ3v) is 3.79. The molecule has 0 saturated carbocycles. The smallest absolute Gasteiger partial charge is 0.119 e. The van der Waals surface area contributed by atoms with E-state index in [-0.39, 0.29) is 0 Å². The summed E-state index contributed by atoms with van der Waals surface area (Å²) in [6, 6.07) is 7.29. The van der Waals surface area contributed by atoms with Gasteiger partial charge in [-0.15, -0.1) is 0 Å². The lowest BCUT2D eigenvalue weighted by Gasteiger charge is -2.20. The monoisotopic (exact) mass is 294 g/mol. The van der Waals surface area contributed by atoms with Crippen molar-refractivity contribution >= 4 is 17.2 Å². The van der Waals surface area contributed by atoms with Crippen LogP contribution in [0.3, 0.4) is 0 Å². The number of nitrogens with zero attached hydrogens (tertiary/aromatic N) is 1. The Kier molecular flexibility index (Phi) is 5.34. The van der Waals surface area contributed by atoms with Gasteiger partial charge in [0.25, 0.3) is 0 Å². The first-order valence-corrected chi connectivity index (χ1v) is 7.38. The number of aliphatic hydroxyl groups excluding tert-OH is 1. The van der Waals surface area contributed by atoms with Crippen molar-refractivity contribution in [1.29, 1.82) is 0 Å². The number of β-amino-alcohol motifs (C(OH)–C–C–N with tert-alkyl or cyclic N) is 1. The zero-order valence-corrected chi connectivity index (χ0v) is 12.6.